The molecule has 1 N–H and O–H groups in total. The Bertz CT molecular complexity index is 1660. The molecule has 0 spiro atoms. The average Bonchev–Trinajstić information content (AvgIpc) is 3.04. The Hall–Kier alpha value is -4.34. The zero-order chi connectivity index (χ0) is 32.4. The number of carbonyl (C=O) groups is 2. The first-order valence-electron chi connectivity index (χ1n) is 14.8. The van der Waals surface area contributed by atoms with Gasteiger partial charge in [0, 0.05) is 24.5 Å². The van der Waals surface area contributed by atoms with E-state index in [1.807, 2.05) is 51.1 Å². The van der Waals surface area contributed by atoms with Crippen molar-refractivity contribution in [2.75, 3.05) is 24.0 Å². The van der Waals surface area contributed by atoms with Gasteiger partial charge >= 0.3 is 0 Å². The molecule has 0 aliphatic rings. The number of aryl methyl sites for hydroxylation is 1. The van der Waals surface area contributed by atoms with Crippen molar-refractivity contribution in [1.82, 2.24) is 10.2 Å². The summed E-state index contributed by atoms with van der Waals surface area (Å²) in [4.78, 5) is 29.4. The number of benzene rings is 4. The van der Waals surface area contributed by atoms with Crippen LogP contribution in [0.3, 0.4) is 0 Å². The number of anilines is 1. The van der Waals surface area contributed by atoms with E-state index in [-0.39, 0.29) is 23.8 Å². The molecule has 0 aliphatic carbocycles. The van der Waals surface area contributed by atoms with E-state index < -0.39 is 28.5 Å². The van der Waals surface area contributed by atoms with Gasteiger partial charge in [0.05, 0.1) is 17.2 Å². The Morgan fingerprint density at radius 3 is 2.09 bits per heavy atom. The van der Waals surface area contributed by atoms with Crippen molar-refractivity contribution in [1.29, 1.82) is 0 Å². The number of rotatable bonds is 14. The zero-order valence-corrected chi connectivity index (χ0v) is 27.2. The van der Waals surface area contributed by atoms with Gasteiger partial charge in [0.2, 0.25) is 11.8 Å². The normalized spacial score (nSPS) is 11.8. The zero-order valence-electron chi connectivity index (χ0n) is 25.6. The number of hydrogen-bond acceptors (Lipinski definition) is 5. The molecule has 8 nitrogen and oxygen atoms in total. The Morgan fingerprint density at radius 1 is 0.844 bits per heavy atom. The van der Waals surface area contributed by atoms with Gasteiger partial charge in [-0.05, 0) is 80.4 Å². The molecule has 0 bridgehead atoms. The van der Waals surface area contributed by atoms with Gasteiger partial charge < -0.3 is 15.0 Å². The number of likely N-dealkylation sites (N-methyl/N-ethyl adjacent to an activating group) is 1. The third kappa shape index (κ3) is 8.86. The molecular formula is C35H38ClN3O5S. The van der Waals surface area contributed by atoms with Crippen molar-refractivity contribution >= 4 is 39.1 Å². The van der Waals surface area contributed by atoms with Crippen LogP contribution in [0.2, 0.25) is 5.02 Å². The van der Waals surface area contributed by atoms with Crippen molar-refractivity contribution < 1.29 is 22.7 Å². The van der Waals surface area contributed by atoms with Crippen LogP contribution in [0.25, 0.3) is 0 Å². The minimum Gasteiger partial charge on any atom is -0.494 e. The smallest absolute Gasteiger partial charge is 0.264 e. The van der Waals surface area contributed by atoms with Gasteiger partial charge in [0.1, 0.15) is 18.3 Å². The fraction of sp³-hybridized carbons (Fsp3) is 0.257. The molecule has 1 atom stereocenters. The fourth-order valence-electron chi connectivity index (χ4n) is 4.87. The molecule has 45 heavy (non-hydrogen) atoms. The number of ether oxygens (including phenoxy) is 1. The topological polar surface area (TPSA) is 96.0 Å². The summed E-state index contributed by atoms with van der Waals surface area (Å²) in [6.07, 6.45) is 0.238. The fourth-order valence-corrected chi connectivity index (χ4v) is 6.41. The third-order valence-electron chi connectivity index (χ3n) is 7.21. The van der Waals surface area contributed by atoms with E-state index in [2.05, 4.69) is 5.32 Å². The summed E-state index contributed by atoms with van der Waals surface area (Å²) < 4.78 is 34.9. The lowest BCUT2D eigenvalue weighted by molar-refractivity contribution is -0.140. The second-order valence-corrected chi connectivity index (χ2v) is 12.8. The van der Waals surface area contributed by atoms with E-state index in [9.17, 15) is 18.0 Å². The Morgan fingerprint density at radius 2 is 1.49 bits per heavy atom. The first kappa shape index (κ1) is 33.6. The van der Waals surface area contributed by atoms with Crippen LogP contribution in [-0.2, 0) is 32.6 Å². The van der Waals surface area contributed by atoms with Crippen molar-refractivity contribution in [2.24, 2.45) is 0 Å². The summed E-state index contributed by atoms with van der Waals surface area (Å²) in [6, 6.07) is 28.5. The van der Waals surface area contributed by atoms with Gasteiger partial charge in [0.25, 0.3) is 10.0 Å². The molecule has 0 unspecified atom stereocenters. The molecule has 0 heterocycles. The van der Waals surface area contributed by atoms with Crippen molar-refractivity contribution in [2.45, 2.75) is 44.7 Å². The first-order chi connectivity index (χ1) is 21.6. The van der Waals surface area contributed by atoms with Crippen LogP contribution in [0, 0.1) is 6.92 Å². The lowest BCUT2D eigenvalue weighted by Crippen LogP contribution is -2.53. The first-order valence-corrected chi connectivity index (χ1v) is 16.6. The summed E-state index contributed by atoms with van der Waals surface area (Å²) >= 11 is 6.13. The van der Waals surface area contributed by atoms with E-state index in [4.69, 9.17) is 16.3 Å². The minimum atomic E-state index is -4.21. The molecule has 0 radical (unpaired) electrons. The number of nitrogens with zero attached hydrogens (tertiary/aromatic N) is 2. The molecule has 4 rings (SSSR count). The predicted molar refractivity (Wildman–Crippen MR) is 178 cm³/mol. The van der Waals surface area contributed by atoms with Crippen LogP contribution in [-0.4, -0.2) is 50.9 Å². The van der Waals surface area contributed by atoms with Crippen LogP contribution >= 0.6 is 11.6 Å². The Labute approximate surface area is 270 Å². The number of halogens is 1. The van der Waals surface area contributed by atoms with Crippen molar-refractivity contribution in [3.05, 3.63) is 125 Å². The predicted octanol–water partition coefficient (Wildman–Crippen LogP) is 6.02. The van der Waals surface area contributed by atoms with E-state index >= 15 is 0 Å². The molecule has 2 amide bonds. The SMILES string of the molecule is CCNC(=O)[C@H](Cc1ccccc1)N(Cc1ccc(Cl)cc1)C(=O)CN(c1ccc(C)cc1)S(=O)(=O)c1ccc(OCC)cc1. The second-order valence-electron chi connectivity index (χ2n) is 10.5. The third-order valence-corrected chi connectivity index (χ3v) is 9.25. The van der Waals surface area contributed by atoms with Crippen LogP contribution in [0.4, 0.5) is 5.69 Å². The number of nitrogens with one attached hydrogen (secondary N) is 1. The van der Waals surface area contributed by atoms with E-state index in [1.54, 1.807) is 60.7 Å². The molecule has 0 aliphatic heterocycles. The summed E-state index contributed by atoms with van der Waals surface area (Å²) in [6.45, 7) is 5.90. The summed E-state index contributed by atoms with van der Waals surface area (Å²) in [7, 11) is -4.21. The van der Waals surface area contributed by atoms with Gasteiger partial charge in [-0.3, -0.25) is 13.9 Å². The molecular weight excluding hydrogens is 610 g/mol. The largest absolute Gasteiger partial charge is 0.494 e. The molecule has 0 aromatic heterocycles. The van der Waals surface area contributed by atoms with Gasteiger partial charge in [-0.2, -0.15) is 0 Å². The van der Waals surface area contributed by atoms with E-state index in [1.165, 1.54) is 17.0 Å². The van der Waals surface area contributed by atoms with Crippen molar-refractivity contribution in [3.8, 4) is 5.75 Å². The van der Waals surface area contributed by atoms with E-state index in [0.29, 0.717) is 29.6 Å². The maximum absolute atomic E-state index is 14.4. The molecule has 236 valence electrons. The molecule has 0 saturated heterocycles. The quantitative estimate of drug-likeness (QED) is 0.181. The Kier molecular flexibility index (Phi) is 11.6. The number of amides is 2. The van der Waals surface area contributed by atoms with E-state index in [0.717, 1.165) is 21.0 Å². The molecule has 4 aromatic rings. The number of carbonyl (C=O) groups excluding carboxylic acids is 2. The number of hydrogen-bond donors (Lipinski definition) is 1. The maximum Gasteiger partial charge on any atom is 0.264 e. The second kappa shape index (κ2) is 15.6. The minimum absolute atomic E-state index is 0.00754. The standard InChI is InChI=1S/C35H38ClN3O5S/c1-4-37-35(41)33(23-27-9-7-6-8-10-27)38(24-28-13-15-29(36)16-14-28)34(40)25-39(30-17-11-26(3)12-18-30)45(42,43)32-21-19-31(20-22-32)44-5-2/h6-22,33H,4-5,23-25H2,1-3H3,(H,37,41)/t33-/m0/s1. The molecule has 0 saturated carbocycles. The summed E-state index contributed by atoms with van der Waals surface area (Å²) in [5.41, 5.74) is 2.87. The van der Waals surface area contributed by atoms with Gasteiger partial charge in [-0.15, -0.1) is 0 Å². The number of sulfonamides is 1. The monoisotopic (exact) mass is 647 g/mol. The lowest BCUT2D eigenvalue weighted by Gasteiger charge is -2.34. The van der Waals surface area contributed by atoms with Crippen LogP contribution in [0.5, 0.6) is 5.75 Å². The highest BCUT2D eigenvalue weighted by Crippen LogP contribution is 2.27. The van der Waals surface area contributed by atoms with Crippen LogP contribution < -0.4 is 14.4 Å². The lowest BCUT2D eigenvalue weighted by atomic mass is 10.0. The highest BCUT2D eigenvalue weighted by Gasteiger charge is 2.34. The average molecular weight is 648 g/mol. The summed E-state index contributed by atoms with van der Waals surface area (Å²) in [5.74, 6) is -0.332. The highest BCUT2D eigenvalue weighted by atomic mass is 35.5. The van der Waals surface area contributed by atoms with Crippen LogP contribution in [0.1, 0.15) is 30.5 Å². The van der Waals surface area contributed by atoms with Gasteiger partial charge in [-0.1, -0.05) is 71.8 Å². The highest BCUT2D eigenvalue weighted by molar-refractivity contribution is 7.92. The maximum atomic E-state index is 14.4. The van der Waals surface area contributed by atoms with Gasteiger partial charge in [0.15, 0.2) is 0 Å². The van der Waals surface area contributed by atoms with Gasteiger partial charge in [-0.25, -0.2) is 8.42 Å². The molecule has 10 heteroatoms. The summed E-state index contributed by atoms with van der Waals surface area (Å²) in [5, 5.41) is 3.40. The van der Waals surface area contributed by atoms with Crippen molar-refractivity contribution in [3.63, 3.8) is 0 Å². The van der Waals surface area contributed by atoms with Crippen LogP contribution in [0.15, 0.2) is 108 Å². The molecule has 4 aromatic carbocycles. The Balaban J connectivity index is 1.77. The molecule has 0 fully saturated rings.